The second kappa shape index (κ2) is 4.34. The maximum Gasteiger partial charge on any atom is 0.145 e. The minimum Gasteiger partial charge on any atom is -0.494 e. The van der Waals surface area contributed by atoms with E-state index in [1.807, 2.05) is 43.3 Å². The molecule has 0 radical (unpaired) electrons. The molecule has 0 bridgehead atoms. The lowest BCUT2D eigenvalue weighted by molar-refractivity contribution is 0.337. The molecule has 0 aliphatic carbocycles. The molecule has 1 aliphatic rings. The summed E-state index contributed by atoms with van der Waals surface area (Å²) in [6.45, 7) is 2.65. The minimum atomic E-state index is 0.669. The fourth-order valence-corrected chi connectivity index (χ4v) is 2.70. The summed E-state index contributed by atoms with van der Waals surface area (Å²) >= 11 is 1.73. The molecular formula is C14H12O2S. The van der Waals surface area contributed by atoms with Crippen molar-refractivity contribution in [2.45, 2.75) is 16.7 Å². The second-order valence-corrected chi connectivity index (χ2v) is 4.78. The molecule has 0 saturated carbocycles. The molecule has 1 heterocycles. The summed E-state index contributed by atoms with van der Waals surface area (Å²) in [5.41, 5.74) is 0. The van der Waals surface area contributed by atoms with Crippen molar-refractivity contribution in [1.29, 1.82) is 0 Å². The lowest BCUT2D eigenvalue weighted by Crippen LogP contribution is -1.96. The highest BCUT2D eigenvalue weighted by Crippen LogP contribution is 2.47. The molecule has 0 N–H and O–H groups in total. The van der Waals surface area contributed by atoms with E-state index >= 15 is 0 Å². The van der Waals surface area contributed by atoms with Gasteiger partial charge in [0.25, 0.3) is 0 Å². The third-order valence-corrected chi connectivity index (χ3v) is 3.63. The quantitative estimate of drug-likeness (QED) is 0.668. The van der Waals surface area contributed by atoms with E-state index in [2.05, 4.69) is 6.07 Å². The number of fused-ring (bicyclic) bond motifs is 2. The van der Waals surface area contributed by atoms with Crippen molar-refractivity contribution in [3.05, 3.63) is 42.5 Å². The maximum atomic E-state index is 5.86. The smallest absolute Gasteiger partial charge is 0.145 e. The second-order valence-electron chi connectivity index (χ2n) is 3.69. The summed E-state index contributed by atoms with van der Waals surface area (Å²) in [6, 6.07) is 14.0. The Labute approximate surface area is 105 Å². The average Bonchev–Trinajstić information content (AvgIpc) is 2.36. The van der Waals surface area contributed by atoms with Crippen LogP contribution in [-0.4, -0.2) is 6.61 Å². The molecule has 1 aliphatic heterocycles. The molecule has 0 saturated heterocycles. The maximum absolute atomic E-state index is 5.86. The number of hydrogen-bond donors (Lipinski definition) is 0. The van der Waals surface area contributed by atoms with Crippen molar-refractivity contribution < 1.29 is 9.47 Å². The van der Waals surface area contributed by atoms with E-state index in [4.69, 9.17) is 9.47 Å². The van der Waals surface area contributed by atoms with E-state index < -0.39 is 0 Å². The molecule has 0 unspecified atom stereocenters. The standard InChI is InChI=1S/C14H12O2S/c1-2-15-10-7-8-14-12(9-10)16-11-5-3-4-6-13(11)17-14/h3-9H,2H2,1H3. The van der Waals surface area contributed by atoms with Crippen molar-refractivity contribution in [2.24, 2.45) is 0 Å². The van der Waals surface area contributed by atoms with Crippen LogP contribution in [0.25, 0.3) is 0 Å². The van der Waals surface area contributed by atoms with Crippen LogP contribution in [0.3, 0.4) is 0 Å². The fourth-order valence-electron chi connectivity index (χ4n) is 1.76. The van der Waals surface area contributed by atoms with Gasteiger partial charge in [0.2, 0.25) is 0 Å². The number of ether oxygens (including phenoxy) is 2. The fraction of sp³-hybridized carbons (Fsp3) is 0.143. The Hall–Kier alpha value is -1.61. The molecule has 3 heteroatoms. The molecule has 2 nitrogen and oxygen atoms in total. The Morgan fingerprint density at radius 3 is 2.76 bits per heavy atom. The summed E-state index contributed by atoms with van der Waals surface area (Å²) in [7, 11) is 0. The zero-order valence-corrected chi connectivity index (χ0v) is 10.3. The van der Waals surface area contributed by atoms with Gasteiger partial charge in [0.05, 0.1) is 16.4 Å². The van der Waals surface area contributed by atoms with Crippen molar-refractivity contribution in [3.8, 4) is 17.2 Å². The zero-order chi connectivity index (χ0) is 11.7. The van der Waals surface area contributed by atoms with Crippen LogP contribution in [0.5, 0.6) is 17.2 Å². The Bertz CT molecular complexity index is 552. The van der Waals surface area contributed by atoms with Gasteiger partial charge in [-0.2, -0.15) is 0 Å². The monoisotopic (exact) mass is 244 g/mol. The summed E-state index contributed by atoms with van der Waals surface area (Å²) in [6.07, 6.45) is 0. The molecule has 2 aromatic carbocycles. The van der Waals surface area contributed by atoms with Gasteiger partial charge < -0.3 is 9.47 Å². The highest BCUT2D eigenvalue weighted by Gasteiger charge is 2.17. The number of rotatable bonds is 2. The van der Waals surface area contributed by atoms with Crippen molar-refractivity contribution in [3.63, 3.8) is 0 Å². The average molecular weight is 244 g/mol. The van der Waals surface area contributed by atoms with Crippen LogP contribution in [0.15, 0.2) is 52.3 Å². The molecule has 17 heavy (non-hydrogen) atoms. The van der Waals surface area contributed by atoms with Gasteiger partial charge in [-0.3, -0.25) is 0 Å². The molecule has 0 amide bonds. The first-order valence-corrected chi connectivity index (χ1v) is 6.40. The largest absolute Gasteiger partial charge is 0.494 e. The topological polar surface area (TPSA) is 18.5 Å². The van der Waals surface area contributed by atoms with E-state index in [-0.39, 0.29) is 0 Å². The number of para-hydroxylation sites is 1. The first-order valence-electron chi connectivity index (χ1n) is 5.58. The van der Waals surface area contributed by atoms with Crippen LogP contribution in [0.4, 0.5) is 0 Å². The molecule has 0 spiro atoms. The molecule has 0 aromatic heterocycles. The first-order chi connectivity index (χ1) is 8.36. The van der Waals surface area contributed by atoms with Gasteiger partial charge in [0.15, 0.2) is 0 Å². The van der Waals surface area contributed by atoms with E-state index in [1.165, 1.54) is 0 Å². The van der Waals surface area contributed by atoms with Crippen LogP contribution in [-0.2, 0) is 0 Å². The number of benzene rings is 2. The van der Waals surface area contributed by atoms with E-state index in [0.717, 1.165) is 27.0 Å². The van der Waals surface area contributed by atoms with Gasteiger partial charge in [-0.1, -0.05) is 23.9 Å². The van der Waals surface area contributed by atoms with E-state index in [9.17, 15) is 0 Å². The van der Waals surface area contributed by atoms with Gasteiger partial charge in [0.1, 0.15) is 17.2 Å². The van der Waals surface area contributed by atoms with Crippen LogP contribution < -0.4 is 9.47 Å². The lowest BCUT2D eigenvalue weighted by atomic mass is 10.3. The van der Waals surface area contributed by atoms with Crippen molar-refractivity contribution >= 4 is 11.8 Å². The van der Waals surface area contributed by atoms with Gasteiger partial charge >= 0.3 is 0 Å². The summed E-state index contributed by atoms with van der Waals surface area (Å²) in [4.78, 5) is 2.29. The third-order valence-electron chi connectivity index (χ3n) is 2.52. The van der Waals surface area contributed by atoms with Crippen LogP contribution >= 0.6 is 11.8 Å². The van der Waals surface area contributed by atoms with E-state index in [1.54, 1.807) is 11.8 Å². The van der Waals surface area contributed by atoms with Gasteiger partial charge in [-0.05, 0) is 31.2 Å². The zero-order valence-electron chi connectivity index (χ0n) is 9.47. The molecular weight excluding hydrogens is 232 g/mol. The van der Waals surface area contributed by atoms with Crippen LogP contribution in [0.2, 0.25) is 0 Å². The SMILES string of the molecule is CCOc1ccc2c(c1)Oc1ccccc1S2. The minimum absolute atomic E-state index is 0.669. The molecule has 0 atom stereocenters. The Balaban J connectivity index is 1.97. The molecule has 3 rings (SSSR count). The summed E-state index contributed by atoms with van der Waals surface area (Å²) in [5, 5.41) is 0. The number of hydrogen-bond acceptors (Lipinski definition) is 3. The Morgan fingerprint density at radius 2 is 1.88 bits per heavy atom. The molecule has 0 fully saturated rings. The highest BCUT2D eigenvalue weighted by molar-refractivity contribution is 7.99. The van der Waals surface area contributed by atoms with E-state index in [0.29, 0.717) is 6.61 Å². The first kappa shape index (κ1) is 10.5. The van der Waals surface area contributed by atoms with Crippen LogP contribution in [0.1, 0.15) is 6.92 Å². The predicted octanol–water partition coefficient (Wildman–Crippen LogP) is 4.34. The summed E-state index contributed by atoms with van der Waals surface area (Å²) in [5.74, 6) is 2.64. The lowest BCUT2D eigenvalue weighted by Gasteiger charge is -2.19. The highest BCUT2D eigenvalue weighted by atomic mass is 32.2. The van der Waals surface area contributed by atoms with Crippen LogP contribution in [0, 0.1) is 0 Å². The van der Waals surface area contributed by atoms with Crippen molar-refractivity contribution in [1.82, 2.24) is 0 Å². The Morgan fingerprint density at radius 1 is 1.06 bits per heavy atom. The van der Waals surface area contributed by atoms with Gasteiger partial charge in [-0.25, -0.2) is 0 Å². The predicted molar refractivity (Wildman–Crippen MR) is 68.3 cm³/mol. The molecule has 86 valence electrons. The summed E-state index contributed by atoms with van der Waals surface area (Å²) < 4.78 is 11.3. The Kier molecular flexibility index (Phi) is 2.69. The van der Waals surface area contributed by atoms with Crippen molar-refractivity contribution in [2.75, 3.05) is 6.61 Å². The molecule has 2 aromatic rings. The normalized spacial score (nSPS) is 12.3. The van der Waals surface area contributed by atoms with Gasteiger partial charge in [-0.15, -0.1) is 0 Å². The van der Waals surface area contributed by atoms with Gasteiger partial charge in [0, 0.05) is 6.07 Å². The third kappa shape index (κ3) is 1.98.